The number of benzene rings is 5. The molecule has 5 aromatic carbocycles. The van der Waals surface area contributed by atoms with Gasteiger partial charge in [0.25, 0.3) is 0 Å². The van der Waals surface area contributed by atoms with Crippen LogP contribution in [0.25, 0.3) is 50.5 Å². The number of hydrogen-bond donors (Lipinski definition) is 1. The van der Waals surface area contributed by atoms with Crippen LogP contribution in [0.3, 0.4) is 0 Å². The summed E-state index contributed by atoms with van der Waals surface area (Å²) in [4.78, 5) is 10.4. The van der Waals surface area contributed by atoms with Crippen LogP contribution in [0.4, 0.5) is 0 Å². The number of rotatable bonds is 6. The molecule has 2 heterocycles. The van der Waals surface area contributed by atoms with Gasteiger partial charge < -0.3 is 5.11 Å². The van der Waals surface area contributed by atoms with E-state index in [1.54, 1.807) is 0 Å². The Labute approximate surface area is 315 Å². The molecule has 0 aliphatic rings. The minimum Gasteiger partial charge on any atom is -0.507 e. The number of aromatic nitrogens is 3. The van der Waals surface area contributed by atoms with E-state index < -0.39 is 0 Å². The van der Waals surface area contributed by atoms with E-state index in [2.05, 4.69) is 182 Å². The van der Waals surface area contributed by atoms with Gasteiger partial charge in [0.1, 0.15) is 11.6 Å². The van der Waals surface area contributed by atoms with Gasteiger partial charge in [-0.1, -0.05) is 135 Å². The van der Waals surface area contributed by atoms with E-state index in [0.717, 1.165) is 68.0 Å². The maximum absolute atomic E-state index is 12.1. The smallest absolute Gasteiger partial charge is 0.149 e. The van der Waals surface area contributed by atoms with Gasteiger partial charge in [-0.05, 0) is 99.0 Å². The van der Waals surface area contributed by atoms with Gasteiger partial charge in [-0.3, -0.25) is 9.55 Å². The fourth-order valence-corrected chi connectivity index (χ4v) is 7.10. The van der Waals surface area contributed by atoms with Crippen molar-refractivity contribution in [3.8, 4) is 45.2 Å². The lowest BCUT2D eigenvalue weighted by atomic mass is 9.79. The number of para-hydroxylation sites is 2. The molecule has 0 aliphatic heterocycles. The highest BCUT2D eigenvalue weighted by Gasteiger charge is 2.29. The maximum atomic E-state index is 12.1. The van der Waals surface area contributed by atoms with Gasteiger partial charge in [0.2, 0.25) is 0 Å². The van der Waals surface area contributed by atoms with Gasteiger partial charge in [0.05, 0.1) is 22.3 Å². The Balaban J connectivity index is 1.47. The fourth-order valence-electron chi connectivity index (χ4n) is 7.10. The van der Waals surface area contributed by atoms with E-state index in [1.807, 2.05) is 12.3 Å². The van der Waals surface area contributed by atoms with Crippen LogP contribution in [0.2, 0.25) is 0 Å². The predicted molar refractivity (Wildman–Crippen MR) is 222 cm³/mol. The van der Waals surface area contributed by atoms with Gasteiger partial charge in [0, 0.05) is 28.6 Å². The van der Waals surface area contributed by atoms with Crippen molar-refractivity contribution in [1.82, 2.24) is 14.5 Å². The first-order chi connectivity index (χ1) is 25.1. The van der Waals surface area contributed by atoms with E-state index in [9.17, 15) is 5.11 Å². The number of imidazole rings is 1. The molecule has 0 bridgehead atoms. The highest BCUT2D eigenvalue weighted by molar-refractivity contribution is 5.97. The molecule has 0 atom stereocenters. The lowest BCUT2D eigenvalue weighted by molar-refractivity contribution is 0.446. The van der Waals surface area contributed by atoms with E-state index in [4.69, 9.17) is 9.97 Å². The number of nitrogens with zero attached hydrogens (tertiary/aromatic N) is 3. The van der Waals surface area contributed by atoms with Crippen molar-refractivity contribution in [2.24, 2.45) is 0 Å². The highest BCUT2D eigenvalue weighted by Crippen LogP contribution is 2.44. The van der Waals surface area contributed by atoms with Crippen molar-refractivity contribution in [2.75, 3.05) is 0 Å². The van der Waals surface area contributed by atoms with Gasteiger partial charge in [-0.2, -0.15) is 0 Å². The summed E-state index contributed by atoms with van der Waals surface area (Å²) in [5.74, 6) is 0.994. The van der Waals surface area contributed by atoms with E-state index in [1.165, 1.54) is 16.7 Å². The van der Waals surface area contributed by atoms with Crippen LogP contribution in [0.5, 0.6) is 5.75 Å². The highest BCUT2D eigenvalue weighted by atomic mass is 16.3. The summed E-state index contributed by atoms with van der Waals surface area (Å²) in [5.41, 5.74) is 13.0. The molecule has 0 aliphatic carbocycles. The summed E-state index contributed by atoms with van der Waals surface area (Å²) in [7, 11) is 0. The first kappa shape index (κ1) is 35.9. The van der Waals surface area contributed by atoms with Crippen molar-refractivity contribution in [2.45, 2.75) is 85.0 Å². The van der Waals surface area contributed by atoms with Crippen molar-refractivity contribution >= 4 is 11.0 Å². The molecule has 0 fully saturated rings. The Morgan fingerprint density at radius 2 is 1.21 bits per heavy atom. The molecule has 0 unspecified atom stereocenters. The summed E-state index contributed by atoms with van der Waals surface area (Å²) in [6, 6.07) is 42.9. The second-order valence-corrected chi connectivity index (χ2v) is 17.5. The normalized spacial score (nSPS) is 12.4. The minimum absolute atomic E-state index is 0.0998. The average molecular weight is 698 g/mol. The van der Waals surface area contributed by atoms with Crippen LogP contribution in [0.1, 0.15) is 90.1 Å². The second-order valence-electron chi connectivity index (χ2n) is 17.5. The molecule has 4 heteroatoms. The van der Waals surface area contributed by atoms with E-state index >= 15 is 0 Å². The molecular formula is C49H51N3O. The Kier molecular flexibility index (Phi) is 9.14. The monoisotopic (exact) mass is 697 g/mol. The molecular weight excluding hydrogens is 647 g/mol. The van der Waals surface area contributed by atoms with Gasteiger partial charge in [0.15, 0.2) is 0 Å². The van der Waals surface area contributed by atoms with Crippen LogP contribution < -0.4 is 0 Å². The van der Waals surface area contributed by atoms with E-state index in [0.29, 0.717) is 0 Å². The quantitative estimate of drug-likeness (QED) is 0.188. The molecule has 268 valence electrons. The molecule has 1 N–H and O–H groups in total. The molecule has 2 aromatic heterocycles. The van der Waals surface area contributed by atoms with Crippen molar-refractivity contribution < 1.29 is 5.11 Å². The van der Waals surface area contributed by atoms with E-state index in [-0.39, 0.29) is 22.0 Å². The largest absolute Gasteiger partial charge is 0.507 e. The van der Waals surface area contributed by atoms with Gasteiger partial charge in [-0.15, -0.1) is 0 Å². The molecule has 0 spiro atoms. The number of aromatic hydroxyl groups is 1. The van der Waals surface area contributed by atoms with Crippen molar-refractivity contribution in [3.05, 3.63) is 155 Å². The van der Waals surface area contributed by atoms with Crippen molar-refractivity contribution in [1.29, 1.82) is 0 Å². The summed E-state index contributed by atoms with van der Waals surface area (Å²) in [5, 5.41) is 12.1. The topological polar surface area (TPSA) is 50.9 Å². The summed E-state index contributed by atoms with van der Waals surface area (Å²) in [6.45, 7) is 19.9. The van der Waals surface area contributed by atoms with Gasteiger partial charge >= 0.3 is 0 Å². The number of phenols is 1. The first-order valence-corrected chi connectivity index (χ1v) is 18.7. The third-order valence-corrected chi connectivity index (χ3v) is 10.2. The lowest BCUT2D eigenvalue weighted by Crippen LogP contribution is -2.17. The fraction of sp³-hybridized carbons (Fsp3) is 0.265. The summed E-state index contributed by atoms with van der Waals surface area (Å²) < 4.78 is 2.20. The number of hydrogen-bond acceptors (Lipinski definition) is 3. The SMILES string of the molecule is CC(C)(C)c1cc(-c2cc(Cc3ccccc3)ccn2)cc(-c2cccc3c2nc(-c2cc(C(C)(C)C)cc(C(C)(C)C)c2O)n3-c2ccccc2)c1. The zero-order valence-corrected chi connectivity index (χ0v) is 32.6. The molecule has 53 heavy (non-hydrogen) atoms. The lowest BCUT2D eigenvalue weighted by Gasteiger charge is -2.27. The molecule has 0 amide bonds. The Morgan fingerprint density at radius 1 is 0.566 bits per heavy atom. The third-order valence-electron chi connectivity index (χ3n) is 10.2. The maximum Gasteiger partial charge on any atom is 0.149 e. The number of fused-ring (bicyclic) bond motifs is 1. The molecule has 7 aromatic rings. The Morgan fingerprint density at radius 3 is 1.87 bits per heavy atom. The second kappa shape index (κ2) is 13.5. The predicted octanol–water partition coefficient (Wildman–Crippen LogP) is 12.6. The van der Waals surface area contributed by atoms with Crippen LogP contribution >= 0.6 is 0 Å². The number of pyridine rings is 1. The van der Waals surface area contributed by atoms with Crippen LogP contribution in [0, 0.1) is 0 Å². The molecule has 0 radical (unpaired) electrons. The standard InChI is InChI=1S/C49H51N3O/c1-47(2,3)36-28-34(27-35(29-36)42-26-33(23-24-50-42)25-32-17-12-10-13-18-32)39-21-16-22-43-44(39)51-46(52(43)38-19-14-11-15-20-38)40-30-37(48(4,5)6)31-41(45(40)53)49(7,8)9/h10-24,26-31,53H,25H2,1-9H3. The van der Waals surface area contributed by atoms with Gasteiger partial charge in [-0.25, -0.2) is 4.98 Å². The van der Waals surface area contributed by atoms with Crippen molar-refractivity contribution in [3.63, 3.8) is 0 Å². The van der Waals surface area contributed by atoms with Crippen LogP contribution in [-0.2, 0) is 22.7 Å². The zero-order valence-electron chi connectivity index (χ0n) is 32.6. The average Bonchev–Trinajstić information content (AvgIpc) is 3.51. The summed E-state index contributed by atoms with van der Waals surface area (Å²) in [6.07, 6.45) is 2.77. The first-order valence-electron chi connectivity index (χ1n) is 18.7. The molecule has 7 rings (SSSR count). The molecule has 0 saturated carbocycles. The molecule has 4 nitrogen and oxygen atoms in total. The Hall–Kier alpha value is -5.48. The van der Waals surface area contributed by atoms with Crippen LogP contribution in [-0.4, -0.2) is 19.6 Å². The molecule has 0 saturated heterocycles. The Bertz CT molecular complexity index is 2420. The third kappa shape index (κ3) is 7.28. The minimum atomic E-state index is -0.273. The van der Waals surface area contributed by atoms with Crippen LogP contribution in [0.15, 0.2) is 128 Å². The number of phenolic OH excluding ortho intramolecular Hbond substituents is 1. The zero-order chi connectivity index (χ0) is 37.7. The summed E-state index contributed by atoms with van der Waals surface area (Å²) >= 11 is 0.